The summed E-state index contributed by atoms with van der Waals surface area (Å²) in [6.07, 6.45) is 1.47. The first kappa shape index (κ1) is 13.2. The molecule has 5 nitrogen and oxygen atoms in total. The molecule has 5 heteroatoms. The maximum absolute atomic E-state index is 11.7. The topological polar surface area (TPSA) is 59.6 Å². The second-order valence-corrected chi connectivity index (χ2v) is 7.00. The molecule has 19 heavy (non-hydrogen) atoms. The number of carbonyl (C=O) groups is 1. The van der Waals surface area contributed by atoms with E-state index in [4.69, 9.17) is 9.47 Å². The third kappa shape index (κ3) is 2.58. The van der Waals surface area contributed by atoms with Crippen LogP contribution in [0.5, 0.6) is 0 Å². The SMILES string of the molecule is CC(C)(C)OC(=O)NCC1CC2OC1C1CNCC21. The second-order valence-electron chi connectivity index (χ2n) is 7.00. The summed E-state index contributed by atoms with van der Waals surface area (Å²) in [5.74, 6) is 1.78. The van der Waals surface area contributed by atoms with E-state index in [0.29, 0.717) is 36.5 Å². The van der Waals surface area contributed by atoms with Gasteiger partial charge in [-0.15, -0.1) is 0 Å². The van der Waals surface area contributed by atoms with Crippen LogP contribution in [-0.2, 0) is 9.47 Å². The molecule has 0 aromatic rings. The highest BCUT2D eigenvalue weighted by molar-refractivity contribution is 5.67. The van der Waals surface area contributed by atoms with E-state index in [9.17, 15) is 4.79 Å². The van der Waals surface area contributed by atoms with Gasteiger partial charge in [0, 0.05) is 37.4 Å². The molecule has 5 unspecified atom stereocenters. The van der Waals surface area contributed by atoms with Gasteiger partial charge in [-0.2, -0.15) is 0 Å². The van der Waals surface area contributed by atoms with Crippen LogP contribution < -0.4 is 10.6 Å². The molecule has 0 aromatic carbocycles. The van der Waals surface area contributed by atoms with E-state index >= 15 is 0 Å². The smallest absolute Gasteiger partial charge is 0.407 e. The van der Waals surface area contributed by atoms with Gasteiger partial charge in [-0.05, 0) is 27.2 Å². The van der Waals surface area contributed by atoms with Gasteiger partial charge in [-0.25, -0.2) is 4.79 Å². The highest BCUT2D eigenvalue weighted by Crippen LogP contribution is 2.47. The van der Waals surface area contributed by atoms with Crippen molar-refractivity contribution >= 4 is 6.09 Å². The van der Waals surface area contributed by atoms with E-state index in [-0.39, 0.29) is 6.09 Å². The van der Waals surface area contributed by atoms with Crippen molar-refractivity contribution in [2.75, 3.05) is 19.6 Å². The number of fused-ring (bicyclic) bond motifs is 5. The van der Waals surface area contributed by atoms with Crippen molar-refractivity contribution in [1.82, 2.24) is 10.6 Å². The molecule has 2 N–H and O–H groups in total. The zero-order valence-electron chi connectivity index (χ0n) is 11.9. The lowest BCUT2D eigenvalue weighted by molar-refractivity contribution is 0.0487. The van der Waals surface area contributed by atoms with E-state index in [1.807, 2.05) is 20.8 Å². The Labute approximate surface area is 114 Å². The van der Waals surface area contributed by atoms with Gasteiger partial charge < -0.3 is 20.1 Å². The number of nitrogens with one attached hydrogen (secondary N) is 2. The molecule has 0 saturated carbocycles. The van der Waals surface area contributed by atoms with Gasteiger partial charge in [-0.1, -0.05) is 0 Å². The molecule has 3 aliphatic rings. The number of rotatable bonds is 2. The van der Waals surface area contributed by atoms with Crippen LogP contribution in [0.3, 0.4) is 0 Å². The Morgan fingerprint density at radius 3 is 2.84 bits per heavy atom. The fourth-order valence-electron chi connectivity index (χ4n) is 3.74. The largest absolute Gasteiger partial charge is 0.444 e. The van der Waals surface area contributed by atoms with Gasteiger partial charge in [0.2, 0.25) is 0 Å². The number of ether oxygens (including phenoxy) is 2. The van der Waals surface area contributed by atoms with Crippen molar-refractivity contribution in [2.45, 2.75) is 45.0 Å². The maximum Gasteiger partial charge on any atom is 0.407 e. The Kier molecular flexibility index (Phi) is 3.21. The van der Waals surface area contributed by atoms with Crippen LogP contribution in [0.1, 0.15) is 27.2 Å². The summed E-state index contributed by atoms with van der Waals surface area (Å²) in [7, 11) is 0. The fraction of sp³-hybridized carbons (Fsp3) is 0.929. The zero-order chi connectivity index (χ0) is 13.6. The van der Waals surface area contributed by atoms with Crippen LogP contribution in [0.15, 0.2) is 0 Å². The van der Waals surface area contributed by atoms with E-state index in [0.717, 1.165) is 19.5 Å². The lowest BCUT2D eigenvalue weighted by atomic mass is 9.76. The highest BCUT2D eigenvalue weighted by atomic mass is 16.6. The molecule has 108 valence electrons. The first-order valence-corrected chi connectivity index (χ1v) is 7.27. The number of hydrogen-bond donors (Lipinski definition) is 2. The highest BCUT2D eigenvalue weighted by Gasteiger charge is 2.55. The van der Waals surface area contributed by atoms with E-state index in [2.05, 4.69) is 10.6 Å². The molecule has 0 aliphatic carbocycles. The van der Waals surface area contributed by atoms with Crippen molar-refractivity contribution in [2.24, 2.45) is 17.8 Å². The van der Waals surface area contributed by atoms with Crippen LogP contribution in [-0.4, -0.2) is 43.5 Å². The molecule has 1 amide bonds. The second kappa shape index (κ2) is 4.63. The fourth-order valence-corrected chi connectivity index (χ4v) is 3.74. The molecule has 3 aliphatic heterocycles. The minimum absolute atomic E-state index is 0.319. The van der Waals surface area contributed by atoms with E-state index in [1.54, 1.807) is 0 Å². The van der Waals surface area contributed by atoms with Crippen molar-refractivity contribution in [3.8, 4) is 0 Å². The molecule has 3 rings (SSSR count). The van der Waals surface area contributed by atoms with Crippen LogP contribution in [0.2, 0.25) is 0 Å². The van der Waals surface area contributed by atoms with Gasteiger partial charge in [-0.3, -0.25) is 0 Å². The van der Waals surface area contributed by atoms with Crippen LogP contribution in [0.4, 0.5) is 4.79 Å². The van der Waals surface area contributed by atoms with Crippen LogP contribution in [0, 0.1) is 17.8 Å². The lowest BCUT2D eigenvalue weighted by Gasteiger charge is -2.28. The molecule has 3 heterocycles. The normalized spacial score (nSPS) is 40.3. The van der Waals surface area contributed by atoms with Gasteiger partial charge in [0.25, 0.3) is 0 Å². The average molecular weight is 268 g/mol. The minimum Gasteiger partial charge on any atom is -0.444 e. The number of alkyl carbamates (subject to hydrolysis) is 1. The summed E-state index contributed by atoms with van der Waals surface area (Å²) >= 11 is 0. The Balaban J connectivity index is 1.49. The molecule has 5 atom stereocenters. The van der Waals surface area contributed by atoms with Crippen molar-refractivity contribution in [1.29, 1.82) is 0 Å². The zero-order valence-corrected chi connectivity index (χ0v) is 11.9. The summed E-state index contributed by atoms with van der Waals surface area (Å²) in [6, 6.07) is 0. The summed E-state index contributed by atoms with van der Waals surface area (Å²) in [6.45, 7) is 8.46. The summed E-state index contributed by atoms with van der Waals surface area (Å²) < 4.78 is 11.3. The van der Waals surface area contributed by atoms with Crippen molar-refractivity contribution < 1.29 is 14.3 Å². The number of carbonyl (C=O) groups excluding carboxylic acids is 1. The van der Waals surface area contributed by atoms with E-state index in [1.165, 1.54) is 0 Å². The van der Waals surface area contributed by atoms with E-state index < -0.39 is 5.60 Å². The lowest BCUT2D eigenvalue weighted by Crippen LogP contribution is -2.41. The van der Waals surface area contributed by atoms with Gasteiger partial charge >= 0.3 is 6.09 Å². The quantitative estimate of drug-likeness (QED) is 0.788. The third-order valence-corrected chi connectivity index (χ3v) is 4.45. The Morgan fingerprint density at radius 2 is 2.11 bits per heavy atom. The molecular weight excluding hydrogens is 244 g/mol. The standard InChI is InChI=1S/C14H24N2O3/c1-14(2,3)19-13(17)16-5-8-4-11-9-6-15-7-10(9)12(8)18-11/h8-12,15H,4-7H2,1-3H3,(H,16,17). The van der Waals surface area contributed by atoms with Gasteiger partial charge in [0.1, 0.15) is 5.60 Å². The van der Waals surface area contributed by atoms with Gasteiger partial charge in [0.05, 0.1) is 12.2 Å². The first-order chi connectivity index (χ1) is 8.94. The summed E-state index contributed by atoms with van der Waals surface area (Å²) in [4.78, 5) is 11.7. The predicted octanol–water partition coefficient (Wildman–Crippen LogP) is 1.13. The monoisotopic (exact) mass is 268 g/mol. The van der Waals surface area contributed by atoms with Crippen molar-refractivity contribution in [3.63, 3.8) is 0 Å². The third-order valence-electron chi connectivity index (χ3n) is 4.45. The molecule has 3 fully saturated rings. The minimum atomic E-state index is -0.435. The molecule has 3 saturated heterocycles. The molecular formula is C14H24N2O3. The maximum atomic E-state index is 11.7. The first-order valence-electron chi connectivity index (χ1n) is 7.27. The Morgan fingerprint density at radius 1 is 1.37 bits per heavy atom. The van der Waals surface area contributed by atoms with Crippen molar-refractivity contribution in [3.05, 3.63) is 0 Å². The van der Waals surface area contributed by atoms with Gasteiger partial charge in [0.15, 0.2) is 0 Å². The number of amides is 1. The summed E-state index contributed by atoms with van der Waals surface area (Å²) in [5.41, 5.74) is -0.435. The molecule has 0 aromatic heterocycles. The Bertz CT molecular complexity index is 366. The van der Waals surface area contributed by atoms with Crippen LogP contribution >= 0.6 is 0 Å². The van der Waals surface area contributed by atoms with Crippen LogP contribution in [0.25, 0.3) is 0 Å². The molecule has 0 spiro atoms. The Hall–Kier alpha value is -0.810. The average Bonchev–Trinajstić information content (AvgIpc) is 2.95. The molecule has 2 bridgehead atoms. The summed E-state index contributed by atoms with van der Waals surface area (Å²) in [5, 5.41) is 6.33. The number of hydrogen-bond acceptors (Lipinski definition) is 4. The predicted molar refractivity (Wildman–Crippen MR) is 70.9 cm³/mol. The molecule has 0 radical (unpaired) electrons.